The molecule has 0 atom stereocenters. The van der Waals surface area contributed by atoms with E-state index in [4.69, 9.17) is 4.74 Å². The number of carbonyl (C=O) groups excluding carboxylic acids is 1. The molecule has 0 radical (unpaired) electrons. The zero-order chi connectivity index (χ0) is 15.5. The zero-order valence-electron chi connectivity index (χ0n) is 12.1. The Morgan fingerprint density at radius 3 is 2.82 bits per heavy atom. The van der Waals surface area contributed by atoms with Crippen LogP contribution in [0.15, 0.2) is 54.7 Å². The Labute approximate surface area is 128 Å². The minimum absolute atomic E-state index is 0.0222. The molecular weight excluding hydrogens is 278 g/mol. The normalized spacial score (nSPS) is 10.6. The van der Waals surface area contributed by atoms with Crippen LogP contribution in [0.5, 0.6) is 11.5 Å². The fraction of sp³-hybridized carbons (Fsp3) is 0.111. The van der Waals surface area contributed by atoms with E-state index < -0.39 is 0 Å². The Morgan fingerprint density at radius 2 is 2.00 bits per heavy atom. The average molecular weight is 293 g/mol. The van der Waals surface area contributed by atoms with Gasteiger partial charge in [0.25, 0.3) is 0 Å². The van der Waals surface area contributed by atoms with E-state index in [2.05, 4.69) is 4.98 Å². The molecule has 4 heteroatoms. The fourth-order valence-corrected chi connectivity index (χ4v) is 2.34. The van der Waals surface area contributed by atoms with Crippen molar-refractivity contribution in [3.8, 4) is 11.5 Å². The van der Waals surface area contributed by atoms with Crippen LogP contribution in [0.1, 0.15) is 15.9 Å². The topological polar surface area (TPSA) is 59.4 Å². The smallest absolute Gasteiger partial charge is 0.168 e. The highest BCUT2D eigenvalue weighted by atomic mass is 16.5. The van der Waals surface area contributed by atoms with Gasteiger partial charge in [0.2, 0.25) is 0 Å². The summed E-state index contributed by atoms with van der Waals surface area (Å²) in [6.45, 7) is 0. The van der Waals surface area contributed by atoms with E-state index in [1.165, 1.54) is 13.2 Å². The van der Waals surface area contributed by atoms with Crippen LogP contribution in [-0.2, 0) is 6.42 Å². The minimum atomic E-state index is -0.0222. The molecule has 0 spiro atoms. The number of Topliss-reactive ketones (excluding diaryl/α,β-unsaturated/α-hetero) is 1. The number of methoxy groups -OCH3 is 1. The molecule has 0 saturated heterocycles. The molecule has 3 aromatic rings. The van der Waals surface area contributed by atoms with E-state index in [1.807, 2.05) is 30.3 Å². The third-order valence-electron chi connectivity index (χ3n) is 3.52. The van der Waals surface area contributed by atoms with Gasteiger partial charge in [-0.25, -0.2) is 0 Å². The van der Waals surface area contributed by atoms with Gasteiger partial charge in [0, 0.05) is 23.6 Å². The van der Waals surface area contributed by atoms with Gasteiger partial charge in [-0.2, -0.15) is 0 Å². The summed E-state index contributed by atoms with van der Waals surface area (Å²) in [4.78, 5) is 16.7. The van der Waals surface area contributed by atoms with Crippen molar-refractivity contribution in [1.29, 1.82) is 0 Å². The number of ether oxygens (including phenoxy) is 1. The van der Waals surface area contributed by atoms with Crippen LogP contribution in [0.4, 0.5) is 0 Å². The van der Waals surface area contributed by atoms with Gasteiger partial charge < -0.3 is 9.84 Å². The van der Waals surface area contributed by atoms with Crippen LogP contribution >= 0.6 is 0 Å². The second-order valence-electron chi connectivity index (χ2n) is 5.02. The quantitative estimate of drug-likeness (QED) is 0.749. The summed E-state index contributed by atoms with van der Waals surface area (Å²) in [6, 6.07) is 14.4. The third kappa shape index (κ3) is 2.76. The number of aromatic nitrogens is 1. The average Bonchev–Trinajstić information content (AvgIpc) is 2.56. The summed E-state index contributed by atoms with van der Waals surface area (Å²) in [5.74, 6) is 0.402. The van der Waals surface area contributed by atoms with Crippen molar-refractivity contribution < 1.29 is 14.6 Å². The zero-order valence-corrected chi connectivity index (χ0v) is 12.1. The number of carbonyl (C=O) groups is 1. The molecule has 4 nitrogen and oxygen atoms in total. The molecule has 1 heterocycles. The fourth-order valence-electron chi connectivity index (χ4n) is 2.34. The lowest BCUT2D eigenvalue weighted by molar-refractivity contribution is 0.0992. The largest absolute Gasteiger partial charge is 0.504 e. The van der Waals surface area contributed by atoms with Gasteiger partial charge in [-0.3, -0.25) is 9.78 Å². The van der Waals surface area contributed by atoms with E-state index in [0.717, 1.165) is 16.5 Å². The standard InChI is InChI=1S/C18H15NO3/c1-22-18-9-12(6-7-16(18)20)8-17(21)14-10-13-4-2-3-5-15(13)19-11-14/h2-7,9-11,20H,8H2,1H3. The molecule has 0 unspecified atom stereocenters. The van der Waals surface area contributed by atoms with Gasteiger partial charge in [0.1, 0.15) is 0 Å². The molecule has 0 aliphatic heterocycles. The molecule has 1 aromatic heterocycles. The molecule has 2 aromatic carbocycles. The molecule has 0 aliphatic rings. The Hall–Kier alpha value is -2.88. The van der Waals surface area contributed by atoms with Crippen molar-refractivity contribution >= 4 is 16.7 Å². The number of phenols is 1. The first-order valence-corrected chi connectivity index (χ1v) is 6.91. The summed E-state index contributed by atoms with van der Waals surface area (Å²) in [7, 11) is 1.48. The van der Waals surface area contributed by atoms with Crippen molar-refractivity contribution in [2.45, 2.75) is 6.42 Å². The third-order valence-corrected chi connectivity index (χ3v) is 3.52. The maximum Gasteiger partial charge on any atom is 0.168 e. The highest BCUT2D eigenvalue weighted by Crippen LogP contribution is 2.27. The number of hydrogen-bond donors (Lipinski definition) is 1. The second-order valence-corrected chi connectivity index (χ2v) is 5.02. The van der Waals surface area contributed by atoms with Crippen molar-refractivity contribution in [2.75, 3.05) is 7.11 Å². The van der Waals surface area contributed by atoms with Gasteiger partial charge in [-0.1, -0.05) is 24.3 Å². The lowest BCUT2D eigenvalue weighted by atomic mass is 10.0. The number of pyridine rings is 1. The first-order chi connectivity index (χ1) is 10.7. The van der Waals surface area contributed by atoms with Gasteiger partial charge in [0.05, 0.1) is 12.6 Å². The Balaban J connectivity index is 1.86. The van der Waals surface area contributed by atoms with E-state index in [1.54, 1.807) is 18.3 Å². The minimum Gasteiger partial charge on any atom is -0.504 e. The molecule has 110 valence electrons. The number of phenolic OH excluding ortho intramolecular Hbond substituents is 1. The predicted octanol–water partition coefficient (Wildman–Crippen LogP) is 3.37. The number of rotatable bonds is 4. The summed E-state index contributed by atoms with van der Waals surface area (Å²) in [5.41, 5.74) is 2.23. The molecule has 0 saturated carbocycles. The number of hydrogen-bond acceptors (Lipinski definition) is 4. The van der Waals surface area contributed by atoms with Crippen LogP contribution in [0.25, 0.3) is 10.9 Å². The summed E-state index contributed by atoms with van der Waals surface area (Å²) in [6.07, 6.45) is 1.83. The Bertz CT molecular complexity index is 843. The van der Waals surface area contributed by atoms with E-state index >= 15 is 0 Å². The Kier molecular flexibility index (Phi) is 3.74. The highest BCUT2D eigenvalue weighted by Gasteiger charge is 2.10. The number of nitrogens with zero attached hydrogens (tertiary/aromatic N) is 1. The first kappa shape index (κ1) is 14.1. The van der Waals surface area contributed by atoms with Crippen LogP contribution in [0.3, 0.4) is 0 Å². The second kappa shape index (κ2) is 5.85. The van der Waals surface area contributed by atoms with E-state index in [0.29, 0.717) is 11.3 Å². The number of ketones is 1. The summed E-state index contributed by atoms with van der Waals surface area (Å²) in [5, 5.41) is 10.5. The SMILES string of the molecule is COc1cc(CC(=O)c2cnc3ccccc3c2)ccc1O. The first-order valence-electron chi connectivity index (χ1n) is 6.91. The predicted molar refractivity (Wildman–Crippen MR) is 84.4 cm³/mol. The Morgan fingerprint density at radius 1 is 1.18 bits per heavy atom. The van der Waals surface area contributed by atoms with Gasteiger partial charge in [-0.15, -0.1) is 0 Å². The van der Waals surface area contributed by atoms with Crippen molar-refractivity contribution in [3.05, 3.63) is 65.9 Å². The van der Waals surface area contributed by atoms with Crippen molar-refractivity contribution in [3.63, 3.8) is 0 Å². The summed E-state index contributed by atoms with van der Waals surface area (Å²) >= 11 is 0. The van der Waals surface area contributed by atoms with Crippen LogP contribution in [0, 0.1) is 0 Å². The van der Waals surface area contributed by atoms with E-state index in [9.17, 15) is 9.90 Å². The van der Waals surface area contributed by atoms with Crippen molar-refractivity contribution in [1.82, 2.24) is 4.98 Å². The van der Waals surface area contributed by atoms with Gasteiger partial charge in [-0.05, 0) is 29.8 Å². The molecule has 1 N–H and O–H groups in total. The maximum atomic E-state index is 12.4. The molecule has 22 heavy (non-hydrogen) atoms. The van der Waals surface area contributed by atoms with E-state index in [-0.39, 0.29) is 18.0 Å². The van der Waals surface area contributed by atoms with Gasteiger partial charge in [0.15, 0.2) is 17.3 Å². The van der Waals surface area contributed by atoms with Crippen LogP contribution in [-0.4, -0.2) is 23.0 Å². The summed E-state index contributed by atoms with van der Waals surface area (Å²) < 4.78 is 5.06. The monoisotopic (exact) mass is 293 g/mol. The van der Waals surface area contributed by atoms with Crippen molar-refractivity contribution in [2.24, 2.45) is 0 Å². The molecule has 0 aliphatic carbocycles. The lowest BCUT2D eigenvalue weighted by Gasteiger charge is -2.07. The maximum absolute atomic E-state index is 12.4. The molecule has 0 bridgehead atoms. The number of para-hydroxylation sites is 1. The number of fused-ring (bicyclic) bond motifs is 1. The number of benzene rings is 2. The molecule has 0 amide bonds. The number of aromatic hydroxyl groups is 1. The molecular formula is C18H15NO3. The molecule has 3 rings (SSSR count). The molecule has 0 fully saturated rings. The van der Waals surface area contributed by atoms with Crippen LogP contribution < -0.4 is 4.74 Å². The van der Waals surface area contributed by atoms with Gasteiger partial charge >= 0.3 is 0 Å². The highest BCUT2D eigenvalue weighted by molar-refractivity contribution is 6.00. The lowest BCUT2D eigenvalue weighted by Crippen LogP contribution is -2.04. The van der Waals surface area contributed by atoms with Crippen LogP contribution in [0.2, 0.25) is 0 Å².